The molecule has 0 saturated heterocycles. The van der Waals surface area contributed by atoms with Crippen LogP contribution in [0.15, 0.2) is 48.2 Å². The molecule has 0 fully saturated rings. The Morgan fingerprint density at radius 1 is 1.37 bits per heavy atom. The van der Waals surface area contributed by atoms with Gasteiger partial charge in [0.1, 0.15) is 0 Å². The maximum atomic E-state index is 5.90. The molecule has 0 atom stereocenters. The van der Waals surface area contributed by atoms with Gasteiger partial charge in [-0.25, -0.2) is 0 Å². The van der Waals surface area contributed by atoms with Crippen LogP contribution in [0, 0.1) is 18.4 Å². The quantitative estimate of drug-likeness (QED) is 0.582. The first-order valence-electron chi connectivity index (χ1n) is 5.70. The Morgan fingerprint density at radius 2 is 2.00 bits per heavy atom. The van der Waals surface area contributed by atoms with Gasteiger partial charge in [0.05, 0.1) is 0 Å². The number of terminal acetylenes is 1. The van der Waals surface area contributed by atoms with Gasteiger partial charge in [0.25, 0.3) is 0 Å². The summed E-state index contributed by atoms with van der Waals surface area (Å²) >= 11 is 5.90. The number of benzene rings is 1. The average Bonchev–Trinajstić information content (AvgIpc) is 2.39. The van der Waals surface area contributed by atoms with Gasteiger partial charge in [-0.05, 0) is 12.6 Å². The molecule has 0 saturated carbocycles. The molecule has 0 spiro atoms. The third-order valence-corrected chi connectivity index (χ3v) is 3.10. The summed E-state index contributed by atoms with van der Waals surface area (Å²) < 4.78 is 0. The minimum absolute atomic E-state index is 0. The third-order valence-electron chi connectivity index (χ3n) is 2.85. The number of likely N-dealkylation sites (N-methyl/N-ethyl adjacent to an activating group) is 1. The Bertz CT molecular complexity index is 576. The summed E-state index contributed by atoms with van der Waals surface area (Å²) in [6, 6.07) is 7.66. The molecule has 0 N–H and O–H groups in total. The Labute approximate surface area is 144 Å². The number of rotatable bonds is 2. The number of nitrogens with zero attached hydrogens (tertiary/aromatic N) is 1. The van der Waals surface area contributed by atoms with Gasteiger partial charge >= 0.3 is 0 Å². The van der Waals surface area contributed by atoms with Crippen molar-refractivity contribution in [2.45, 2.75) is 6.92 Å². The van der Waals surface area contributed by atoms with Crippen LogP contribution in [0.25, 0.3) is 5.70 Å². The molecule has 1 nitrogen and oxygen atoms in total. The predicted molar refractivity (Wildman–Crippen MR) is 76.5 cm³/mol. The molecule has 19 heavy (non-hydrogen) atoms. The van der Waals surface area contributed by atoms with Crippen LogP contribution in [0.3, 0.4) is 0 Å². The van der Waals surface area contributed by atoms with E-state index in [2.05, 4.69) is 30.4 Å². The minimum atomic E-state index is 0. The Balaban J connectivity index is 0.00000180. The molecule has 0 amide bonds. The van der Waals surface area contributed by atoms with E-state index >= 15 is 0 Å². The molecule has 1 aromatic carbocycles. The zero-order valence-electron chi connectivity index (χ0n) is 10.8. The van der Waals surface area contributed by atoms with Crippen LogP contribution < -0.4 is 0 Å². The van der Waals surface area contributed by atoms with Crippen molar-refractivity contribution in [1.29, 1.82) is 0 Å². The summed E-state index contributed by atoms with van der Waals surface area (Å²) in [4.78, 5) is 2.05. The van der Waals surface area contributed by atoms with E-state index in [0.717, 1.165) is 34.1 Å². The van der Waals surface area contributed by atoms with Gasteiger partial charge in [0, 0.05) is 44.3 Å². The van der Waals surface area contributed by atoms with E-state index in [1.54, 1.807) is 6.08 Å². The van der Waals surface area contributed by atoms with Crippen LogP contribution >= 0.6 is 11.6 Å². The fourth-order valence-electron chi connectivity index (χ4n) is 1.90. The molecule has 3 heteroatoms. The molecule has 1 aliphatic rings. The van der Waals surface area contributed by atoms with Crippen molar-refractivity contribution in [1.82, 2.24) is 4.90 Å². The molecule has 93 valence electrons. The monoisotopic (exact) mass is 343 g/mol. The van der Waals surface area contributed by atoms with E-state index in [9.17, 15) is 0 Å². The van der Waals surface area contributed by atoms with Gasteiger partial charge in [-0.1, -0.05) is 47.1 Å². The van der Waals surface area contributed by atoms with Crippen LogP contribution in [0.2, 0.25) is 5.02 Å². The largest absolute Gasteiger partial charge is 0.375 e. The van der Waals surface area contributed by atoms with Gasteiger partial charge in [-0.15, -0.1) is 24.5 Å². The summed E-state index contributed by atoms with van der Waals surface area (Å²) in [6.45, 7) is 6.89. The fraction of sp³-hybridized carbons (Fsp3) is 0.125. The van der Waals surface area contributed by atoms with Crippen molar-refractivity contribution in [3.63, 3.8) is 0 Å². The smallest absolute Gasteiger partial charge is 0.0385 e. The number of hydrogen-bond acceptors (Lipinski definition) is 1. The molecule has 1 radical (unpaired) electrons. The van der Waals surface area contributed by atoms with E-state index in [-0.39, 0.29) is 32.7 Å². The summed E-state index contributed by atoms with van der Waals surface area (Å²) in [7, 11) is 0. The Morgan fingerprint density at radius 3 is 2.53 bits per heavy atom. The molecule has 0 unspecified atom stereocenters. The number of hydrogen-bond donors (Lipinski definition) is 0. The maximum Gasteiger partial charge on any atom is 0.0385 e. The van der Waals surface area contributed by atoms with Gasteiger partial charge in [-0.2, -0.15) is 12.2 Å². The normalized spacial score (nSPS) is 14.2. The van der Waals surface area contributed by atoms with Crippen LogP contribution in [0.4, 0.5) is 0 Å². The standard InChI is InChI=1S/C16H13ClN.Y/c1-4-13-8-11-16(18(5-2)12(13)3)14-6-9-15(17)10-7-14;/h1,6-10H,3,5H2,2H3;/q-1;. The summed E-state index contributed by atoms with van der Waals surface area (Å²) in [5.41, 5.74) is 3.63. The first-order chi connectivity index (χ1) is 8.67. The van der Waals surface area contributed by atoms with Crippen molar-refractivity contribution in [2.75, 3.05) is 6.54 Å². The molecule has 2 rings (SSSR count). The zero-order chi connectivity index (χ0) is 13.1. The van der Waals surface area contributed by atoms with E-state index in [1.807, 2.05) is 24.3 Å². The van der Waals surface area contributed by atoms with Crippen molar-refractivity contribution in [3.8, 4) is 12.3 Å². The maximum absolute atomic E-state index is 5.90. The molecule has 0 aliphatic carbocycles. The average molecular weight is 344 g/mol. The van der Waals surface area contributed by atoms with Crippen molar-refractivity contribution in [3.05, 3.63) is 64.9 Å². The van der Waals surface area contributed by atoms with Crippen molar-refractivity contribution in [2.24, 2.45) is 0 Å². The molecular weight excluding hydrogens is 331 g/mol. The van der Waals surface area contributed by atoms with Gasteiger partial charge < -0.3 is 4.90 Å². The van der Waals surface area contributed by atoms with Gasteiger partial charge in [0.15, 0.2) is 0 Å². The second-order valence-electron chi connectivity index (χ2n) is 3.89. The summed E-state index contributed by atoms with van der Waals surface area (Å²) in [5.74, 6) is 2.62. The van der Waals surface area contributed by atoms with E-state index < -0.39 is 0 Å². The first-order valence-corrected chi connectivity index (χ1v) is 6.08. The zero-order valence-corrected chi connectivity index (χ0v) is 14.4. The number of allylic oxidation sites excluding steroid dienone is 3. The van der Waals surface area contributed by atoms with E-state index in [0.29, 0.717) is 0 Å². The van der Waals surface area contributed by atoms with Crippen molar-refractivity contribution < 1.29 is 32.7 Å². The fourth-order valence-corrected chi connectivity index (χ4v) is 2.03. The Hall–Kier alpha value is -0.806. The van der Waals surface area contributed by atoms with E-state index in [4.69, 9.17) is 18.0 Å². The van der Waals surface area contributed by atoms with E-state index in [1.165, 1.54) is 0 Å². The molecule has 0 bridgehead atoms. The molecule has 1 aliphatic heterocycles. The summed E-state index contributed by atoms with van der Waals surface area (Å²) in [6.07, 6.45) is 10.5. The number of halogens is 1. The van der Waals surface area contributed by atoms with Gasteiger partial charge in [-0.3, -0.25) is 0 Å². The second-order valence-corrected chi connectivity index (χ2v) is 4.33. The topological polar surface area (TPSA) is 3.24 Å². The minimum Gasteiger partial charge on any atom is -0.375 e. The van der Waals surface area contributed by atoms with Crippen LogP contribution in [0.1, 0.15) is 12.5 Å². The van der Waals surface area contributed by atoms with Crippen LogP contribution in [0.5, 0.6) is 0 Å². The Kier molecular flexibility index (Phi) is 6.08. The predicted octanol–water partition coefficient (Wildman–Crippen LogP) is 3.89. The molecule has 1 aromatic rings. The molecule has 0 aromatic heterocycles. The summed E-state index contributed by atoms with van der Waals surface area (Å²) in [5, 5.41) is 0.719. The molecule has 1 heterocycles. The SMILES string of the molecule is C#CC1=C[C-]=C(c2ccc(Cl)cc2)N(CC)C1=C.[Y]. The molecular formula is C16H13ClNY-. The first kappa shape index (κ1) is 16.2. The van der Waals surface area contributed by atoms with Gasteiger partial charge in [0.2, 0.25) is 0 Å². The second kappa shape index (κ2) is 7.10. The van der Waals surface area contributed by atoms with Crippen LogP contribution in [-0.4, -0.2) is 11.4 Å². The third kappa shape index (κ3) is 3.39. The van der Waals surface area contributed by atoms with Crippen LogP contribution in [-0.2, 0) is 32.7 Å². The van der Waals surface area contributed by atoms with Crippen molar-refractivity contribution >= 4 is 17.3 Å².